The third-order valence-electron chi connectivity index (χ3n) is 2.02. The molecule has 0 unspecified atom stereocenters. The highest BCUT2D eigenvalue weighted by Crippen LogP contribution is 2.34. The first-order valence-corrected chi connectivity index (χ1v) is 6.50. The number of benzene rings is 1. The van der Waals surface area contributed by atoms with Gasteiger partial charge in [-0.05, 0) is 11.8 Å². The maximum absolute atomic E-state index is 5.99. The van der Waals surface area contributed by atoms with Crippen LogP contribution in [0.2, 0.25) is 15.1 Å². The van der Waals surface area contributed by atoms with Gasteiger partial charge in [0.05, 0.1) is 21.7 Å². The van der Waals surface area contributed by atoms with Crippen LogP contribution in [0.3, 0.4) is 0 Å². The van der Waals surface area contributed by atoms with Crippen molar-refractivity contribution in [1.82, 2.24) is 0 Å². The second kappa shape index (κ2) is 5.72. The Morgan fingerprint density at radius 3 is 2.25 bits per heavy atom. The third kappa shape index (κ3) is 3.92. The zero-order valence-corrected chi connectivity index (χ0v) is 12.2. The Morgan fingerprint density at radius 2 is 1.69 bits per heavy atom. The minimum Gasteiger partial charge on any atom is -0.491 e. The van der Waals surface area contributed by atoms with Crippen LogP contribution in [0, 0.1) is 5.41 Å². The van der Waals surface area contributed by atoms with E-state index in [1.807, 2.05) is 0 Å². The summed E-state index contributed by atoms with van der Waals surface area (Å²) in [6.45, 7) is 4.64. The largest absolute Gasteiger partial charge is 0.491 e. The molecule has 0 aromatic heterocycles. The van der Waals surface area contributed by atoms with E-state index >= 15 is 0 Å². The molecule has 0 fully saturated rings. The number of ether oxygens (including phenoxy) is 1. The van der Waals surface area contributed by atoms with Crippen LogP contribution >= 0.6 is 47.4 Å². The quantitative estimate of drug-likeness (QED) is 0.609. The van der Waals surface area contributed by atoms with E-state index in [0.29, 0.717) is 27.4 Å². The van der Waals surface area contributed by atoms with Crippen molar-refractivity contribution in [3.8, 4) is 5.75 Å². The lowest BCUT2D eigenvalue weighted by Crippen LogP contribution is -2.23. The molecule has 1 aromatic carbocycles. The highest BCUT2D eigenvalue weighted by molar-refractivity contribution is 7.80. The van der Waals surface area contributed by atoms with E-state index in [2.05, 4.69) is 26.5 Å². The van der Waals surface area contributed by atoms with Gasteiger partial charge in [0.15, 0.2) is 0 Å². The molecule has 0 atom stereocenters. The van der Waals surface area contributed by atoms with E-state index in [9.17, 15) is 0 Å². The molecular formula is C11H13Cl3OS. The molecule has 0 amide bonds. The van der Waals surface area contributed by atoms with Crippen LogP contribution in [0.5, 0.6) is 5.75 Å². The highest BCUT2D eigenvalue weighted by atomic mass is 35.5. The first-order valence-electron chi connectivity index (χ1n) is 4.74. The topological polar surface area (TPSA) is 9.23 Å². The molecule has 0 bridgehead atoms. The van der Waals surface area contributed by atoms with Gasteiger partial charge in [0.2, 0.25) is 0 Å². The van der Waals surface area contributed by atoms with Crippen molar-refractivity contribution in [3.63, 3.8) is 0 Å². The highest BCUT2D eigenvalue weighted by Gasteiger charge is 2.17. The summed E-state index contributed by atoms with van der Waals surface area (Å²) in [5.74, 6) is 1.28. The summed E-state index contributed by atoms with van der Waals surface area (Å²) in [5, 5.41) is 1.32. The first-order chi connectivity index (χ1) is 7.35. The maximum atomic E-state index is 5.99. The molecule has 0 radical (unpaired) electrons. The minimum absolute atomic E-state index is 0.0153. The Bertz CT molecular complexity index is 380. The molecule has 0 saturated carbocycles. The molecule has 90 valence electrons. The van der Waals surface area contributed by atoms with Crippen LogP contribution < -0.4 is 4.74 Å². The average molecular weight is 300 g/mol. The van der Waals surface area contributed by atoms with Gasteiger partial charge < -0.3 is 4.74 Å². The van der Waals surface area contributed by atoms with E-state index < -0.39 is 0 Å². The van der Waals surface area contributed by atoms with Crippen LogP contribution in [0.1, 0.15) is 13.8 Å². The van der Waals surface area contributed by atoms with Crippen molar-refractivity contribution < 1.29 is 4.74 Å². The molecule has 0 spiro atoms. The monoisotopic (exact) mass is 298 g/mol. The van der Waals surface area contributed by atoms with Crippen LogP contribution in [-0.2, 0) is 0 Å². The molecule has 5 heteroatoms. The van der Waals surface area contributed by atoms with Crippen molar-refractivity contribution in [2.24, 2.45) is 5.41 Å². The maximum Gasteiger partial charge on any atom is 0.139 e. The standard InChI is InChI=1S/C11H13Cl3OS/c1-11(2,6-16)5-15-10-4-8(13)7(12)3-9(10)14/h3-4,16H,5-6H2,1-2H3. The molecule has 1 rings (SSSR count). The van der Waals surface area contributed by atoms with Gasteiger partial charge in [0.25, 0.3) is 0 Å². The molecule has 0 N–H and O–H groups in total. The lowest BCUT2D eigenvalue weighted by molar-refractivity contribution is 0.202. The van der Waals surface area contributed by atoms with Crippen LogP contribution in [-0.4, -0.2) is 12.4 Å². The van der Waals surface area contributed by atoms with Gasteiger partial charge in [0.1, 0.15) is 5.75 Å². The van der Waals surface area contributed by atoms with Gasteiger partial charge in [-0.3, -0.25) is 0 Å². The Balaban J connectivity index is 2.79. The summed E-state index contributed by atoms with van der Waals surface area (Å²) in [4.78, 5) is 0. The van der Waals surface area contributed by atoms with Gasteiger partial charge in [0, 0.05) is 11.5 Å². The summed E-state index contributed by atoms with van der Waals surface area (Å²) >= 11 is 21.9. The lowest BCUT2D eigenvalue weighted by atomic mass is 9.98. The second-order valence-corrected chi connectivity index (χ2v) is 5.85. The van der Waals surface area contributed by atoms with Crippen molar-refractivity contribution in [1.29, 1.82) is 0 Å². The van der Waals surface area contributed by atoms with Crippen molar-refractivity contribution >= 4 is 47.4 Å². The van der Waals surface area contributed by atoms with Gasteiger partial charge in [-0.1, -0.05) is 48.7 Å². The molecular weight excluding hydrogens is 287 g/mol. The van der Waals surface area contributed by atoms with Crippen LogP contribution in [0.4, 0.5) is 0 Å². The fraction of sp³-hybridized carbons (Fsp3) is 0.455. The minimum atomic E-state index is -0.0153. The Labute approximate surface area is 116 Å². The predicted molar refractivity (Wildman–Crippen MR) is 74.6 cm³/mol. The van der Waals surface area contributed by atoms with E-state index in [0.717, 1.165) is 5.75 Å². The number of thiol groups is 1. The summed E-state index contributed by atoms with van der Waals surface area (Å²) in [7, 11) is 0. The molecule has 0 aliphatic rings. The first kappa shape index (κ1) is 14.3. The molecule has 0 saturated heterocycles. The van der Waals surface area contributed by atoms with Crippen LogP contribution in [0.25, 0.3) is 0 Å². The van der Waals surface area contributed by atoms with Gasteiger partial charge >= 0.3 is 0 Å². The van der Waals surface area contributed by atoms with Crippen molar-refractivity contribution in [3.05, 3.63) is 27.2 Å². The SMILES string of the molecule is CC(C)(CS)COc1cc(Cl)c(Cl)cc1Cl. The third-order valence-corrected chi connectivity index (χ3v) is 3.89. The van der Waals surface area contributed by atoms with Crippen molar-refractivity contribution in [2.45, 2.75) is 13.8 Å². The Morgan fingerprint density at radius 1 is 1.12 bits per heavy atom. The number of halogens is 3. The van der Waals surface area contributed by atoms with E-state index in [1.54, 1.807) is 12.1 Å². The average Bonchev–Trinajstić information content (AvgIpc) is 2.22. The molecule has 0 aliphatic carbocycles. The van der Waals surface area contributed by atoms with Gasteiger partial charge in [-0.2, -0.15) is 12.6 Å². The molecule has 0 heterocycles. The molecule has 0 aliphatic heterocycles. The summed E-state index contributed by atoms with van der Waals surface area (Å²) in [6.07, 6.45) is 0. The normalized spacial score (nSPS) is 11.6. The smallest absolute Gasteiger partial charge is 0.139 e. The fourth-order valence-corrected chi connectivity index (χ4v) is 1.62. The second-order valence-electron chi connectivity index (χ2n) is 4.31. The summed E-state index contributed by atoms with van der Waals surface area (Å²) < 4.78 is 5.60. The van der Waals surface area contributed by atoms with E-state index in [-0.39, 0.29) is 5.41 Å². The van der Waals surface area contributed by atoms with Crippen LogP contribution in [0.15, 0.2) is 12.1 Å². The predicted octanol–water partition coefficient (Wildman–Crippen LogP) is 4.98. The summed E-state index contributed by atoms with van der Waals surface area (Å²) in [6, 6.07) is 3.20. The van der Waals surface area contributed by atoms with E-state index in [4.69, 9.17) is 39.5 Å². The number of hydrogen-bond acceptors (Lipinski definition) is 2. The Hall–Kier alpha value is 0.240. The number of hydrogen-bond donors (Lipinski definition) is 1. The van der Waals surface area contributed by atoms with Gasteiger partial charge in [-0.15, -0.1) is 0 Å². The fourth-order valence-electron chi connectivity index (χ4n) is 0.934. The molecule has 1 nitrogen and oxygen atoms in total. The zero-order chi connectivity index (χ0) is 12.3. The molecule has 1 aromatic rings. The lowest BCUT2D eigenvalue weighted by Gasteiger charge is -2.22. The Kier molecular flexibility index (Phi) is 5.11. The zero-order valence-electron chi connectivity index (χ0n) is 9.06. The molecule has 16 heavy (non-hydrogen) atoms. The van der Waals surface area contributed by atoms with Crippen molar-refractivity contribution in [2.75, 3.05) is 12.4 Å². The van der Waals surface area contributed by atoms with E-state index in [1.165, 1.54) is 0 Å². The summed E-state index contributed by atoms with van der Waals surface area (Å²) in [5.41, 5.74) is -0.0153. The number of rotatable bonds is 4. The van der Waals surface area contributed by atoms with Gasteiger partial charge in [-0.25, -0.2) is 0 Å².